The SMILES string of the molecule is COc1cc(-c2noc([C@H](C)NC(=O)OC(C)(C)C)n2)ccn1. The van der Waals surface area contributed by atoms with Crippen LogP contribution < -0.4 is 10.1 Å². The molecule has 0 saturated heterocycles. The molecule has 2 aromatic heterocycles. The number of ether oxygens (including phenoxy) is 2. The van der Waals surface area contributed by atoms with Crippen LogP contribution in [0, 0.1) is 0 Å². The number of aromatic nitrogens is 3. The number of carbonyl (C=O) groups excluding carboxylic acids is 1. The molecule has 0 bridgehead atoms. The Hall–Kier alpha value is -2.64. The van der Waals surface area contributed by atoms with Crippen LogP contribution in [-0.2, 0) is 4.74 Å². The van der Waals surface area contributed by atoms with Gasteiger partial charge in [-0.15, -0.1) is 0 Å². The lowest BCUT2D eigenvalue weighted by Gasteiger charge is -2.20. The van der Waals surface area contributed by atoms with Gasteiger partial charge in [-0.25, -0.2) is 9.78 Å². The van der Waals surface area contributed by atoms with E-state index in [1.165, 1.54) is 7.11 Å². The molecule has 124 valence electrons. The van der Waals surface area contributed by atoms with Crippen molar-refractivity contribution < 1.29 is 18.8 Å². The number of nitrogens with one attached hydrogen (secondary N) is 1. The van der Waals surface area contributed by atoms with E-state index in [9.17, 15) is 4.79 Å². The molecule has 0 unspecified atom stereocenters. The highest BCUT2D eigenvalue weighted by Gasteiger charge is 2.21. The van der Waals surface area contributed by atoms with Gasteiger partial charge in [0.05, 0.1) is 7.11 Å². The maximum Gasteiger partial charge on any atom is 0.408 e. The monoisotopic (exact) mass is 320 g/mol. The largest absolute Gasteiger partial charge is 0.481 e. The maximum atomic E-state index is 11.8. The number of alkyl carbamates (subject to hydrolysis) is 1. The Morgan fingerprint density at radius 3 is 2.78 bits per heavy atom. The maximum absolute atomic E-state index is 11.8. The van der Waals surface area contributed by atoms with Gasteiger partial charge in [0.15, 0.2) is 0 Å². The van der Waals surface area contributed by atoms with Crippen LogP contribution in [0.1, 0.15) is 39.6 Å². The molecule has 1 amide bonds. The lowest BCUT2D eigenvalue weighted by atomic mass is 10.2. The smallest absolute Gasteiger partial charge is 0.408 e. The molecule has 0 spiro atoms. The molecule has 0 aromatic carbocycles. The van der Waals surface area contributed by atoms with E-state index in [1.807, 2.05) is 0 Å². The van der Waals surface area contributed by atoms with Crippen LogP contribution in [0.2, 0.25) is 0 Å². The van der Waals surface area contributed by atoms with Gasteiger partial charge in [0.2, 0.25) is 17.6 Å². The molecule has 2 heterocycles. The third-order valence-electron chi connectivity index (χ3n) is 2.75. The Labute approximate surface area is 134 Å². The normalized spacial score (nSPS) is 12.6. The van der Waals surface area contributed by atoms with Gasteiger partial charge in [0.25, 0.3) is 0 Å². The van der Waals surface area contributed by atoms with Crippen molar-refractivity contribution in [3.05, 3.63) is 24.2 Å². The Balaban J connectivity index is 2.07. The van der Waals surface area contributed by atoms with Gasteiger partial charge >= 0.3 is 6.09 Å². The van der Waals surface area contributed by atoms with E-state index in [0.717, 1.165) is 0 Å². The quantitative estimate of drug-likeness (QED) is 0.924. The van der Waals surface area contributed by atoms with E-state index in [2.05, 4.69) is 20.4 Å². The second-order valence-corrected chi connectivity index (χ2v) is 5.91. The molecule has 2 rings (SSSR count). The van der Waals surface area contributed by atoms with Gasteiger partial charge in [0, 0.05) is 17.8 Å². The summed E-state index contributed by atoms with van der Waals surface area (Å²) >= 11 is 0. The molecule has 0 aliphatic heterocycles. The van der Waals surface area contributed by atoms with Crippen LogP contribution in [-0.4, -0.2) is 33.9 Å². The van der Waals surface area contributed by atoms with Crippen molar-refractivity contribution in [3.63, 3.8) is 0 Å². The molecule has 0 aliphatic rings. The molecule has 1 atom stereocenters. The Morgan fingerprint density at radius 1 is 1.39 bits per heavy atom. The third kappa shape index (κ3) is 4.67. The first-order chi connectivity index (χ1) is 10.8. The molecule has 2 aromatic rings. The average Bonchev–Trinajstić information content (AvgIpc) is 2.95. The predicted octanol–water partition coefficient (Wildman–Crippen LogP) is 2.73. The van der Waals surface area contributed by atoms with Crippen LogP contribution in [0.5, 0.6) is 5.88 Å². The van der Waals surface area contributed by atoms with Gasteiger partial charge in [-0.3, -0.25) is 0 Å². The highest BCUT2D eigenvalue weighted by atomic mass is 16.6. The molecule has 0 radical (unpaired) electrons. The molecule has 0 fully saturated rings. The van der Waals surface area contributed by atoms with Crippen molar-refractivity contribution in [1.29, 1.82) is 0 Å². The Morgan fingerprint density at radius 2 is 2.13 bits per heavy atom. The number of hydrogen-bond donors (Lipinski definition) is 1. The molecule has 0 aliphatic carbocycles. The van der Waals surface area contributed by atoms with Gasteiger partial charge in [0.1, 0.15) is 11.6 Å². The van der Waals surface area contributed by atoms with E-state index >= 15 is 0 Å². The van der Waals surface area contributed by atoms with E-state index in [-0.39, 0.29) is 5.89 Å². The molecular weight excluding hydrogens is 300 g/mol. The van der Waals surface area contributed by atoms with Crippen LogP contribution in [0.4, 0.5) is 4.79 Å². The first kappa shape index (κ1) is 16.7. The summed E-state index contributed by atoms with van der Waals surface area (Å²) in [5, 5.41) is 6.55. The molecular formula is C15H20N4O4. The average molecular weight is 320 g/mol. The van der Waals surface area contributed by atoms with Crippen LogP contribution in [0.15, 0.2) is 22.9 Å². The standard InChI is InChI=1S/C15H20N4O4/c1-9(17-14(20)22-15(2,3)4)13-18-12(19-23-13)10-6-7-16-11(8-10)21-5/h6-9H,1-5H3,(H,17,20)/t9-/m0/s1. The minimum atomic E-state index is -0.572. The summed E-state index contributed by atoms with van der Waals surface area (Å²) in [6.45, 7) is 7.10. The molecule has 23 heavy (non-hydrogen) atoms. The molecule has 1 N–H and O–H groups in total. The van der Waals surface area contributed by atoms with Crippen LogP contribution in [0.3, 0.4) is 0 Å². The predicted molar refractivity (Wildman–Crippen MR) is 81.9 cm³/mol. The summed E-state index contributed by atoms with van der Waals surface area (Å²) in [6, 6.07) is 2.96. The first-order valence-electron chi connectivity index (χ1n) is 7.12. The number of hydrogen-bond acceptors (Lipinski definition) is 7. The van der Waals surface area contributed by atoms with Crippen molar-refractivity contribution >= 4 is 6.09 Å². The number of methoxy groups -OCH3 is 1. The summed E-state index contributed by atoms with van der Waals surface area (Å²) in [5.41, 5.74) is 0.133. The fraction of sp³-hybridized carbons (Fsp3) is 0.467. The molecule has 8 nitrogen and oxygen atoms in total. The van der Waals surface area contributed by atoms with E-state index in [1.54, 1.807) is 46.0 Å². The first-order valence-corrected chi connectivity index (χ1v) is 7.12. The van der Waals surface area contributed by atoms with Crippen LogP contribution in [0.25, 0.3) is 11.4 Å². The van der Waals surface area contributed by atoms with Gasteiger partial charge in [-0.05, 0) is 33.8 Å². The fourth-order valence-corrected chi connectivity index (χ4v) is 1.73. The van der Waals surface area contributed by atoms with E-state index in [0.29, 0.717) is 17.3 Å². The highest BCUT2D eigenvalue weighted by Crippen LogP contribution is 2.21. The lowest BCUT2D eigenvalue weighted by molar-refractivity contribution is 0.0499. The zero-order valence-electron chi connectivity index (χ0n) is 13.8. The number of carbonyl (C=O) groups is 1. The zero-order valence-corrected chi connectivity index (χ0v) is 13.8. The Kier molecular flexibility index (Phi) is 4.83. The summed E-state index contributed by atoms with van der Waals surface area (Å²) in [5.74, 6) is 1.12. The molecule has 0 saturated carbocycles. The van der Waals surface area contributed by atoms with Crippen molar-refractivity contribution in [2.45, 2.75) is 39.3 Å². The van der Waals surface area contributed by atoms with E-state index < -0.39 is 17.7 Å². The number of pyridine rings is 1. The highest BCUT2D eigenvalue weighted by molar-refractivity contribution is 5.68. The number of rotatable bonds is 4. The van der Waals surface area contributed by atoms with Crippen molar-refractivity contribution in [1.82, 2.24) is 20.4 Å². The third-order valence-corrected chi connectivity index (χ3v) is 2.75. The van der Waals surface area contributed by atoms with Gasteiger partial charge in [-0.2, -0.15) is 4.98 Å². The number of amides is 1. The summed E-state index contributed by atoms with van der Waals surface area (Å²) in [4.78, 5) is 20.0. The zero-order chi connectivity index (χ0) is 17.0. The minimum Gasteiger partial charge on any atom is -0.481 e. The summed E-state index contributed by atoms with van der Waals surface area (Å²) in [6.07, 6.45) is 1.04. The summed E-state index contributed by atoms with van der Waals surface area (Å²) in [7, 11) is 1.53. The van der Waals surface area contributed by atoms with E-state index in [4.69, 9.17) is 14.0 Å². The van der Waals surface area contributed by atoms with Crippen LogP contribution >= 0.6 is 0 Å². The van der Waals surface area contributed by atoms with Crippen molar-refractivity contribution in [2.75, 3.05) is 7.11 Å². The fourth-order valence-electron chi connectivity index (χ4n) is 1.73. The lowest BCUT2D eigenvalue weighted by Crippen LogP contribution is -2.34. The minimum absolute atomic E-state index is 0.279. The number of nitrogens with zero attached hydrogens (tertiary/aromatic N) is 3. The van der Waals surface area contributed by atoms with Crippen molar-refractivity contribution in [2.24, 2.45) is 0 Å². The Bertz CT molecular complexity index is 678. The molecule has 8 heteroatoms. The van der Waals surface area contributed by atoms with Gasteiger partial charge in [-0.1, -0.05) is 5.16 Å². The second-order valence-electron chi connectivity index (χ2n) is 5.91. The van der Waals surface area contributed by atoms with Crippen molar-refractivity contribution in [3.8, 4) is 17.3 Å². The topological polar surface area (TPSA) is 99.4 Å². The summed E-state index contributed by atoms with van der Waals surface area (Å²) < 4.78 is 15.4. The van der Waals surface area contributed by atoms with Gasteiger partial charge < -0.3 is 19.3 Å². The second kappa shape index (κ2) is 6.64.